The van der Waals surface area contributed by atoms with E-state index in [1.54, 1.807) is 4.90 Å². The highest BCUT2D eigenvalue weighted by Gasteiger charge is 2.39. The van der Waals surface area contributed by atoms with Gasteiger partial charge in [-0.15, -0.1) is 0 Å². The fourth-order valence-corrected chi connectivity index (χ4v) is 3.08. The lowest BCUT2D eigenvalue weighted by Gasteiger charge is -2.28. The predicted molar refractivity (Wildman–Crippen MR) is 81.3 cm³/mol. The highest BCUT2D eigenvalue weighted by molar-refractivity contribution is 6.05. The highest BCUT2D eigenvalue weighted by atomic mass is 16.2. The summed E-state index contributed by atoms with van der Waals surface area (Å²) in [6.45, 7) is 5.93. The Hall–Kier alpha value is -2.38. The quantitative estimate of drug-likeness (QED) is 0.806. The Morgan fingerprint density at radius 1 is 1.39 bits per heavy atom. The molecule has 1 atom stereocenters. The van der Waals surface area contributed by atoms with E-state index in [4.69, 9.17) is 0 Å². The molecule has 1 saturated heterocycles. The van der Waals surface area contributed by atoms with E-state index >= 15 is 0 Å². The standard InChI is InChI=1S/C15H21N5O3/c1-3-4-19-14(22)12(16-15(19)23)8-13(21)18-5-6-20-11(9-18)7-10(2)17-20/h7,12H,3-6,8-9H2,1-2H3,(H,16,23). The number of aromatic nitrogens is 2. The van der Waals surface area contributed by atoms with Gasteiger partial charge in [-0.2, -0.15) is 5.10 Å². The number of nitrogens with zero attached hydrogens (tertiary/aromatic N) is 4. The van der Waals surface area contributed by atoms with Crippen molar-refractivity contribution in [3.8, 4) is 0 Å². The van der Waals surface area contributed by atoms with Gasteiger partial charge in [0.05, 0.1) is 30.9 Å². The average molecular weight is 319 g/mol. The van der Waals surface area contributed by atoms with Gasteiger partial charge in [-0.1, -0.05) is 6.92 Å². The van der Waals surface area contributed by atoms with E-state index in [0.717, 1.165) is 11.4 Å². The minimum atomic E-state index is -0.741. The lowest BCUT2D eigenvalue weighted by Crippen LogP contribution is -2.42. The van der Waals surface area contributed by atoms with Crippen molar-refractivity contribution in [1.82, 2.24) is 24.9 Å². The molecule has 1 aromatic rings. The Morgan fingerprint density at radius 2 is 2.17 bits per heavy atom. The van der Waals surface area contributed by atoms with Crippen LogP contribution >= 0.6 is 0 Å². The second-order valence-corrected chi connectivity index (χ2v) is 6.01. The molecule has 0 spiro atoms. The molecule has 3 rings (SSSR count). The Morgan fingerprint density at radius 3 is 2.91 bits per heavy atom. The number of amides is 4. The van der Waals surface area contributed by atoms with E-state index in [2.05, 4.69) is 10.4 Å². The SMILES string of the molecule is CCCN1C(=O)NC(CC(=O)N2CCn3nc(C)cc3C2)C1=O. The van der Waals surface area contributed by atoms with E-state index in [1.165, 1.54) is 4.90 Å². The number of urea groups is 1. The summed E-state index contributed by atoms with van der Waals surface area (Å²) in [5.74, 6) is -0.421. The molecule has 0 radical (unpaired) electrons. The van der Waals surface area contributed by atoms with Crippen molar-refractivity contribution >= 4 is 17.8 Å². The minimum Gasteiger partial charge on any atom is -0.335 e. The van der Waals surface area contributed by atoms with Crippen LogP contribution < -0.4 is 5.32 Å². The molecule has 1 unspecified atom stereocenters. The minimum absolute atomic E-state index is 0.0118. The van der Waals surface area contributed by atoms with E-state index in [1.807, 2.05) is 24.6 Å². The van der Waals surface area contributed by atoms with Gasteiger partial charge in [0.15, 0.2) is 0 Å². The van der Waals surface area contributed by atoms with Crippen LogP contribution in [0.15, 0.2) is 6.07 Å². The van der Waals surface area contributed by atoms with Crippen molar-refractivity contribution in [2.45, 2.75) is 45.8 Å². The lowest BCUT2D eigenvalue weighted by molar-refractivity contribution is -0.136. The van der Waals surface area contributed by atoms with Gasteiger partial charge < -0.3 is 10.2 Å². The van der Waals surface area contributed by atoms with E-state index in [9.17, 15) is 14.4 Å². The van der Waals surface area contributed by atoms with Gasteiger partial charge in [-0.3, -0.25) is 19.2 Å². The third kappa shape index (κ3) is 2.93. The number of imide groups is 1. The highest BCUT2D eigenvalue weighted by Crippen LogP contribution is 2.16. The first-order chi connectivity index (χ1) is 11.0. The molecule has 124 valence electrons. The third-order valence-corrected chi connectivity index (χ3v) is 4.21. The molecule has 8 heteroatoms. The van der Waals surface area contributed by atoms with Crippen molar-refractivity contribution in [3.63, 3.8) is 0 Å². The van der Waals surface area contributed by atoms with Gasteiger partial charge >= 0.3 is 6.03 Å². The van der Waals surface area contributed by atoms with Crippen LogP contribution in [-0.2, 0) is 22.7 Å². The normalized spacial score (nSPS) is 20.7. The van der Waals surface area contributed by atoms with E-state index in [-0.39, 0.29) is 18.2 Å². The number of rotatable bonds is 4. The van der Waals surface area contributed by atoms with Crippen molar-refractivity contribution < 1.29 is 14.4 Å². The number of carbonyl (C=O) groups excluding carboxylic acids is 3. The zero-order chi connectivity index (χ0) is 16.6. The molecule has 23 heavy (non-hydrogen) atoms. The Bertz CT molecular complexity index is 654. The van der Waals surface area contributed by atoms with Crippen LogP contribution in [0.5, 0.6) is 0 Å². The third-order valence-electron chi connectivity index (χ3n) is 4.21. The molecule has 1 N–H and O–H groups in total. The summed E-state index contributed by atoms with van der Waals surface area (Å²) in [5, 5.41) is 6.97. The van der Waals surface area contributed by atoms with Gasteiger partial charge in [0.25, 0.3) is 5.91 Å². The molecular weight excluding hydrogens is 298 g/mol. The monoisotopic (exact) mass is 319 g/mol. The summed E-state index contributed by atoms with van der Waals surface area (Å²) >= 11 is 0. The molecule has 3 heterocycles. The van der Waals surface area contributed by atoms with Crippen molar-refractivity contribution in [3.05, 3.63) is 17.5 Å². The number of aryl methyl sites for hydroxylation is 1. The summed E-state index contributed by atoms with van der Waals surface area (Å²) in [6, 6.07) is 0.822. The second kappa shape index (κ2) is 6.02. The smallest absolute Gasteiger partial charge is 0.324 e. The first kappa shape index (κ1) is 15.5. The van der Waals surface area contributed by atoms with Gasteiger partial charge in [-0.05, 0) is 19.4 Å². The molecule has 0 aromatic carbocycles. The first-order valence-electron chi connectivity index (χ1n) is 7.92. The summed E-state index contributed by atoms with van der Waals surface area (Å²) in [5.41, 5.74) is 1.93. The van der Waals surface area contributed by atoms with Crippen LogP contribution in [0.2, 0.25) is 0 Å². The molecule has 1 aromatic heterocycles. The number of nitrogens with one attached hydrogen (secondary N) is 1. The first-order valence-corrected chi connectivity index (χ1v) is 7.92. The fourth-order valence-electron chi connectivity index (χ4n) is 3.08. The Kier molecular flexibility index (Phi) is 4.06. The van der Waals surface area contributed by atoms with Crippen molar-refractivity contribution in [1.29, 1.82) is 0 Å². The molecular formula is C15H21N5O3. The fraction of sp³-hybridized carbons (Fsp3) is 0.600. The van der Waals surface area contributed by atoms with Crippen LogP contribution in [0.3, 0.4) is 0 Å². The summed E-state index contributed by atoms with van der Waals surface area (Å²) in [6.07, 6.45) is 0.715. The van der Waals surface area contributed by atoms with Crippen molar-refractivity contribution in [2.75, 3.05) is 13.1 Å². The van der Waals surface area contributed by atoms with Crippen LogP contribution in [0.25, 0.3) is 0 Å². The number of hydrogen-bond donors (Lipinski definition) is 1. The topological polar surface area (TPSA) is 87.5 Å². The van der Waals surface area contributed by atoms with Gasteiger partial charge in [0.1, 0.15) is 6.04 Å². The molecule has 8 nitrogen and oxygen atoms in total. The van der Waals surface area contributed by atoms with Crippen LogP contribution in [0, 0.1) is 6.92 Å². The molecule has 2 aliphatic heterocycles. The molecule has 0 bridgehead atoms. The van der Waals surface area contributed by atoms with Gasteiger partial charge in [0, 0.05) is 13.1 Å². The van der Waals surface area contributed by atoms with Crippen LogP contribution in [0.4, 0.5) is 4.79 Å². The zero-order valence-corrected chi connectivity index (χ0v) is 13.4. The Labute approximate surface area is 134 Å². The molecule has 2 aliphatic rings. The number of fused-ring (bicyclic) bond motifs is 1. The number of hydrogen-bond acceptors (Lipinski definition) is 4. The van der Waals surface area contributed by atoms with E-state index in [0.29, 0.717) is 32.6 Å². The summed E-state index contributed by atoms with van der Waals surface area (Å²) in [4.78, 5) is 39.3. The van der Waals surface area contributed by atoms with Crippen LogP contribution in [-0.4, -0.2) is 56.6 Å². The predicted octanol–water partition coefficient (Wildman–Crippen LogP) is 0.254. The van der Waals surface area contributed by atoms with Gasteiger partial charge in [-0.25, -0.2) is 4.79 Å². The average Bonchev–Trinajstić information content (AvgIpc) is 3.00. The molecule has 1 fully saturated rings. The largest absolute Gasteiger partial charge is 0.335 e. The second-order valence-electron chi connectivity index (χ2n) is 6.01. The maximum Gasteiger partial charge on any atom is 0.324 e. The van der Waals surface area contributed by atoms with Gasteiger partial charge in [0.2, 0.25) is 5.91 Å². The molecule has 0 saturated carbocycles. The van der Waals surface area contributed by atoms with Crippen LogP contribution in [0.1, 0.15) is 31.2 Å². The van der Waals surface area contributed by atoms with E-state index < -0.39 is 12.1 Å². The Balaban J connectivity index is 1.62. The number of carbonyl (C=O) groups is 3. The van der Waals surface area contributed by atoms with Crippen molar-refractivity contribution in [2.24, 2.45) is 0 Å². The summed E-state index contributed by atoms with van der Waals surface area (Å²) in [7, 11) is 0. The zero-order valence-electron chi connectivity index (χ0n) is 13.4. The lowest BCUT2D eigenvalue weighted by atomic mass is 10.1. The maximum absolute atomic E-state index is 12.5. The maximum atomic E-state index is 12.5. The molecule has 0 aliphatic carbocycles. The molecule has 4 amide bonds. The summed E-state index contributed by atoms with van der Waals surface area (Å²) < 4.78 is 1.91.